The fourth-order valence-electron chi connectivity index (χ4n) is 1.80. The molecule has 4 nitrogen and oxygen atoms in total. The normalized spacial score (nSPS) is 9.75. The van der Waals surface area contributed by atoms with E-state index < -0.39 is 0 Å². The lowest BCUT2D eigenvalue weighted by Gasteiger charge is -2.11. The van der Waals surface area contributed by atoms with Gasteiger partial charge in [-0.25, -0.2) is 4.79 Å². The summed E-state index contributed by atoms with van der Waals surface area (Å²) in [5.41, 5.74) is 1.51. The van der Waals surface area contributed by atoms with Gasteiger partial charge in [0.1, 0.15) is 11.3 Å². The van der Waals surface area contributed by atoms with E-state index in [-0.39, 0.29) is 18.4 Å². The molecule has 0 heterocycles. The van der Waals surface area contributed by atoms with Crippen LogP contribution in [-0.4, -0.2) is 33.3 Å². The molecule has 5 heteroatoms. The van der Waals surface area contributed by atoms with E-state index in [0.29, 0.717) is 17.9 Å². The second kappa shape index (κ2) is 10.5. The Hall–Kier alpha value is -1.26. The third kappa shape index (κ3) is 6.26. The van der Waals surface area contributed by atoms with E-state index in [1.165, 1.54) is 7.11 Å². The maximum atomic E-state index is 11.7. The number of unbranched alkanes of at least 4 members (excludes halogenated alkanes) is 2. The molecule has 1 N–H and O–H groups in total. The summed E-state index contributed by atoms with van der Waals surface area (Å²) in [6.07, 6.45) is 3.23. The molecule has 0 aliphatic heterocycles. The summed E-state index contributed by atoms with van der Waals surface area (Å²) in [5.74, 6) is 0.250. The molecule has 1 aromatic rings. The lowest BCUT2D eigenvalue weighted by molar-refractivity contribution is 0.0596. The summed E-state index contributed by atoms with van der Waals surface area (Å²) >= 11 is 0. The van der Waals surface area contributed by atoms with Crippen LogP contribution in [0.1, 0.15) is 35.2 Å². The Morgan fingerprint density at radius 1 is 1.25 bits per heavy atom. The van der Waals surface area contributed by atoms with Gasteiger partial charge in [0.15, 0.2) is 0 Å². The van der Waals surface area contributed by atoms with E-state index in [1.807, 2.05) is 26.1 Å². The third-order valence-corrected chi connectivity index (χ3v) is 2.87. The monoisotopic (exact) mass is 301 g/mol. The summed E-state index contributed by atoms with van der Waals surface area (Å²) in [6, 6.07) is 5.56. The minimum atomic E-state index is -0.353. The number of aryl methyl sites for hydroxylation is 1. The highest BCUT2D eigenvalue weighted by molar-refractivity contribution is 5.92. The van der Waals surface area contributed by atoms with Crippen LogP contribution in [0.4, 0.5) is 0 Å². The maximum absolute atomic E-state index is 11.7. The Balaban J connectivity index is 0.00000361. The zero-order chi connectivity index (χ0) is 14.1. The standard InChI is InChI=1S/C15H23NO3.ClH/c1-12-7-8-14(13(11-12)15(17)18-3)19-10-6-4-5-9-16-2;/h7-8,11,16H,4-6,9-10H2,1-3H3;1H. The van der Waals surface area contributed by atoms with Crippen LogP contribution < -0.4 is 10.1 Å². The van der Waals surface area contributed by atoms with Crippen molar-refractivity contribution >= 4 is 18.4 Å². The molecule has 20 heavy (non-hydrogen) atoms. The highest BCUT2D eigenvalue weighted by Crippen LogP contribution is 2.21. The molecule has 0 saturated heterocycles. The van der Waals surface area contributed by atoms with Crippen LogP contribution >= 0.6 is 12.4 Å². The minimum absolute atomic E-state index is 0. The molecule has 0 bridgehead atoms. The van der Waals surface area contributed by atoms with Crippen LogP contribution in [0.3, 0.4) is 0 Å². The number of methoxy groups -OCH3 is 1. The number of esters is 1. The fourth-order valence-corrected chi connectivity index (χ4v) is 1.80. The van der Waals surface area contributed by atoms with Crippen molar-refractivity contribution in [3.05, 3.63) is 29.3 Å². The van der Waals surface area contributed by atoms with Gasteiger partial charge in [0.25, 0.3) is 0 Å². The quantitative estimate of drug-likeness (QED) is 0.592. The van der Waals surface area contributed by atoms with E-state index in [4.69, 9.17) is 9.47 Å². The molecule has 0 unspecified atom stereocenters. The number of nitrogens with one attached hydrogen (secondary N) is 1. The lowest BCUT2D eigenvalue weighted by atomic mass is 10.1. The molecule has 0 fully saturated rings. The van der Waals surface area contributed by atoms with Crippen molar-refractivity contribution in [2.24, 2.45) is 0 Å². The molecule has 1 aromatic carbocycles. The van der Waals surface area contributed by atoms with Crippen LogP contribution in [0.15, 0.2) is 18.2 Å². The molecule has 0 radical (unpaired) electrons. The number of benzene rings is 1. The first-order valence-corrected chi connectivity index (χ1v) is 6.65. The molecular weight excluding hydrogens is 278 g/mol. The molecule has 0 saturated carbocycles. The van der Waals surface area contributed by atoms with E-state index in [1.54, 1.807) is 6.07 Å². The fraction of sp³-hybridized carbons (Fsp3) is 0.533. The average Bonchev–Trinajstić information content (AvgIpc) is 2.43. The number of halogens is 1. The number of carbonyl (C=O) groups is 1. The second-order valence-electron chi connectivity index (χ2n) is 4.50. The van der Waals surface area contributed by atoms with Gasteiger partial charge in [-0.05, 0) is 51.9 Å². The molecule has 0 spiro atoms. The van der Waals surface area contributed by atoms with Gasteiger partial charge < -0.3 is 14.8 Å². The van der Waals surface area contributed by atoms with E-state index in [2.05, 4.69) is 5.32 Å². The Labute approximate surface area is 127 Å². The average molecular weight is 302 g/mol. The SMILES string of the molecule is CNCCCCCOc1ccc(C)cc1C(=O)OC.Cl. The zero-order valence-corrected chi connectivity index (χ0v) is 13.2. The van der Waals surface area contributed by atoms with Gasteiger partial charge in [-0.15, -0.1) is 12.4 Å². The van der Waals surface area contributed by atoms with Crippen molar-refractivity contribution < 1.29 is 14.3 Å². The van der Waals surface area contributed by atoms with Crippen molar-refractivity contribution in [3.8, 4) is 5.75 Å². The summed E-state index contributed by atoms with van der Waals surface area (Å²) < 4.78 is 10.4. The Morgan fingerprint density at radius 3 is 2.65 bits per heavy atom. The van der Waals surface area contributed by atoms with Gasteiger partial charge in [-0.2, -0.15) is 0 Å². The number of hydrogen-bond acceptors (Lipinski definition) is 4. The second-order valence-corrected chi connectivity index (χ2v) is 4.50. The van der Waals surface area contributed by atoms with E-state index in [0.717, 1.165) is 31.4 Å². The third-order valence-electron chi connectivity index (χ3n) is 2.87. The van der Waals surface area contributed by atoms with E-state index >= 15 is 0 Å². The Morgan fingerprint density at radius 2 is 2.00 bits per heavy atom. The topological polar surface area (TPSA) is 47.6 Å². The predicted octanol–water partition coefficient (Wildman–Crippen LogP) is 2.97. The van der Waals surface area contributed by atoms with Crippen LogP contribution in [0.5, 0.6) is 5.75 Å². The summed E-state index contributed by atoms with van der Waals surface area (Å²) in [5, 5.41) is 3.11. The molecule has 114 valence electrons. The van der Waals surface area contributed by atoms with Crippen molar-refractivity contribution in [2.45, 2.75) is 26.2 Å². The first-order chi connectivity index (χ1) is 9.19. The van der Waals surface area contributed by atoms with Crippen molar-refractivity contribution in [1.82, 2.24) is 5.32 Å². The lowest BCUT2D eigenvalue weighted by Crippen LogP contribution is -2.09. The van der Waals surface area contributed by atoms with Gasteiger partial charge in [0, 0.05) is 0 Å². The van der Waals surface area contributed by atoms with Crippen molar-refractivity contribution in [3.63, 3.8) is 0 Å². The maximum Gasteiger partial charge on any atom is 0.341 e. The largest absolute Gasteiger partial charge is 0.493 e. The molecule has 1 rings (SSSR count). The number of rotatable bonds is 8. The smallest absolute Gasteiger partial charge is 0.341 e. The zero-order valence-electron chi connectivity index (χ0n) is 12.4. The van der Waals surface area contributed by atoms with Crippen molar-refractivity contribution in [1.29, 1.82) is 0 Å². The molecule has 0 aromatic heterocycles. The molecule has 0 aliphatic rings. The van der Waals surface area contributed by atoms with Crippen molar-refractivity contribution in [2.75, 3.05) is 27.3 Å². The molecule has 0 amide bonds. The first kappa shape index (κ1) is 18.7. The predicted molar refractivity (Wildman–Crippen MR) is 83.0 cm³/mol. The van der Waals surface area contributed by atoms with Crippen LogP contribution in [-0.2, 0) is 4.74 Å². The molecular formula is C15H24ClNO3. The van der Waals surface area contributed by atoms with Gasteiger partial charge >= 0.3 is 5.97 Å². The van der Waals surface area contributed by atoms with E-state index in [9.17, 15) is 4.79 Å². The van der Waals surface area contributed by atoms with Crippen LogP contribution in [0.2, 0.25) is 0 Å². The minimum Gasteiger partial charge on any atom is -0.493 e. The Kier molecular flexibility index (Phi) is 9.86. The highest BCUT2D eigenvalue weighted by Gasteiger charge is 2.12. The van der Waals surface area contributed by atoms with Gasteiger partial charge in [0.2, 0.25) is 0 Å². The van der Waals surface area contributed by atoms with Crippen LogP contribution in [0, 0.1) is 6.92 Å². The Bertz CT molecular complexity index is 410. The van der Waals surface area contributed by atoms with Gasteiger partial charge in [0.05, 0.1) is 13.7 Å². The summed E-state index contributed by atoms with van der Waals surface area (Å²) in [4.78, 5) is 11.7. The number of ether oxygens (including phenoxy) is 2. The first-order valence-electron chi connectivity index (χ1n) is 6.65. The number of carbonyl (C=O) groups excluding carboxylic acids is 1. The molecule has 0 aliphatic carbocycles. The summed E-state index contributed by atoms with van der Waals surface area (Å²) in [6.45, 7) is 3.59. The number of hydrogen-bond donors (Lipinski definition) is 1. The summed E-state index contributed by atoms with van der Waals surface area (Å²) in [7, 11) is 3.33. The highest BCUT2D eigenvalue weighted by atomic mass is 35.5. The van der Waals surface area contributed by atoms with Crippen LogP contribution in [0.25, 0.3) is 0 Å². The van der Waals surface area contributed by atoms with Gasteiger partial charge in [-0.3, -0.25) is 0 Å². The molecule has 0 atom stereocenters. The van der Waals surface area contributed by atoms with Gasteiger partial charge in [-0.1, -0.05) is 11.6 Å².